The SMILES string of the molecule is Cc1cc(Br)c(NC(=O)NC(=O)CCl)cc1Cl. The third kappa shape index (κ3) is 4.18. The van der Waals surface area contributed by atoms with E-state index in [4.69, 9.17) is 23.2 Å². The fraction of sp³-hybridized carbons (Fsp3) is 0.200. The number of carbonyl (C=O) groups excluding carboxylic acids is 2. The van der Waals surface area contributed by atoms with Crippen LogP contribution < -0.4 is 10.6 Å². The fourth-order valence-corrected chi connectivity index (χ4v) is 1.84. The summed E-state index contributed by atoms with van der Waals surface area (Å²) in [6.07, 6.45) is 0. The number of benzene rings is 1. The highest BCUT2D eigenvalue weighted by molar-refractivity contribution is 9.10. The van der Waals surface area contributed by atoms with Crippen LogP contribution in [0, 0.1) is 6.92 Å². The number of rotatable bonds is 2. The normalized spacial score (nSPS) is 9.88. The lowest BCUT2D eigenvalue weighted by molar-refractivity contribution is -0.117. The Labute approximate surface area is 117 Å². The van der Waals surface area contributed by atoms with E-state index in [-0.39, 0.29) is 5.88 Å². The summed E-state index contributed by atoms with van der Waals surface area (Å²) in [7, 11) is 0. The molecule has 0 aliphatic carbocycles. The minimum Gasteiger partial charge on any atom is -0.306 e. The van der Waals surface area contributed by atoms with Crippen molar-refractivity contribution in [3.8, 4) is 0 Å². The molecule has 0 radical (unpaired) electrons. The van der Waals surface area contributed by atoms with Crippen molar-refractivity contribution in [3.05, 3.63) is 27.2 Å². The molecule has 0 fully saturated rings. The number of hydrogen-bond acceptors (Lipinski definition) is 2. The molecule has 7 heteroatoms. The van der Waals surface area contributed by atoms with Crippen LogP contribution in [0.3, 0.4) is 0 Å². The number of urea groups is 1. The van der Waals surface area contributed by atoms with Crippen LogP contribution in [0.4, 0.5) is 10.5 Å². The van der Waals surface area contributed by atoms with E-state index in [9.17, 15) is 9.59 Å². The lowest BCUT2D eigenvalue weighted by atomic mass is 10.2. The molecular formula is C10H9BrCl2N2O2. The molecule has 2 N–H and O–H groups in total. The van der Waals surface area contributed by atoms with Crippen molar-refractivity contribution in [1.29, 1.82) is 0 Å². The minimum atomic E-state index is -0.656. The van der Waals surface area contributed by atoms with E-state index in [2.05, 4.69) is 26.6 Å². The molecule has 4 nitrogen and oxygen atoms in total. The zero-order chi connectivity index (χ0) is 13.0. The summed E-state index contributed by atoms with van der Waals surface area (Å²) in [5.41, 5.74) is 1.35. The van der Waals surface area contributed by atoms with Gasteiger partial charge in [0.25, 0.3) is 0 Å². The van der Waals surface area contributed by atoms with E-state index in [1.807, 2.05) is 6.92 Å². The van der Waals surface area contributed by atoms with E-state index in [0.29, 0.717) is 15.2 Å². The summed E-state index contributed by atoms with van der Waals surface area (Å²) in [5, 5.41) is 5.06. The van der Waals surface area contributed by atoms with Gasteiger partial charge in [0.1, 0.15) is 5.88 Å². The van der Waals surface area contributed by atoms with Gasteiger partial charge in [-0.05, 0) is 40.5 Å². The smallest absolute Gasteiger partial charge is 0.306 e. The van der Waals surface area contributed by atoms with E-state index < -0.39 is 11.9 Å². The maximum Gasteiger partial charge on any atom is 0.325 e. The van der Waals surface area contributed by atoms with Crippen LogP contribution >= 0.6 is 39.1 Å². The standard InChI is InChI=1S/C10H9BrCl2N2O2/c1-5-2-6(11)8(3-7(5)13)14-10(17)15-9(16)4-12/h2-3H,4H2,1H3,(H2,14,15,16,17). The zero-order valence-electron chi connectivity index (χ0n) is 8.81. The third-order valence-electron chi connectivity index (χ3n) is 1.87. The monoisotopic (exact) mass is 338 g/mol. The number of imide groups is 1. The Morgan fingerprint density at radius 1 is 1.41 bits per heavy atom. The summed E-state index contributed by atoms with van der Waals surface area (Å²) in [5.74, 6) is -0.845. The molecule has 0 aliphatic rings. The Morgan fingerprint density at radius 2 is 2.06 bits per heavy atom. The van der Waals surface area contributed by atoms with Gasteiger partial charge in [-0.15, -0.1) is 11.6 Å². The lowest BCUT2D eigenvalue weighted by Crippen LogP contribution is -2.35. The first-order valence-electron chi connectivity index (χ1n) is 4.56. The molecule has 3 amide bonds. The van der Waals surface area contributed by atoms with Crippen LogP contribution in [0.2, 0.25) is 5.02 Å². The van der Waals surface area contributed by atoms with Crippen LogP contribution in [0.5, 0.6) is 0 Å². The summed E-state index contributed by atoms with van der Waals surface area (Å²) in [6.45, 7) is 1.84. The summed E-state index contributed by atoms with van der Waals surface area (Å²) < 4.78 is 0.674. The topological polar surface area (TPSA) is 58.2 Å². The van der Waals surface area contributed by atoms with Crippen molar-refractivity contribution in [1.82, 2.24) is 5.32 Å². The molecule has 1 aromatic carbocycles. The molecule has 0 atom stereocenters. The number of hydrogen-bond donors (Lipinski definition) is 2. The minimum absolute atomic E-state index is 0.275. The molecule has 0 heterocycles. The van der Waals surface area contributed by atoms with Crippen molar-refractivity contribution >= 4 is 56.8 Å². The van der Waals surface area contributed by atoms with Crippen LogP contribution in [0.25, 0.3) is 0 Å². The van der Waals surface area contributed by atoms with E-state index in [1.165, 1.54) is 0 Å². The zero-order valence-corrected chi connectivity index (χ0v) is 11.9. The van der Waals surface area contributed by atoms with Crippen molar-refractivity contribution in [2.45, 2.75) is 6.92 Å². The number of aryl methyl sites for hydroxylation is 1. The number of anilines is 1. The summed E-state index contributed by atoms with van der Waals surface area (Å²) in [6, 6.07) is 2.70. The highest BCUT2D eigenvalue weighted by Crippen LogP contribution is 2.28. The largest absolute Gasteiger partial charge is 0.325 e. The first-order chi connectivity index (χ1) is 7.93. The Bertz CT molecular complexity index is 466. The number of carbonyl (C=O) groups is 2. The van der Waals surface area contributed by atoms with Gasteiger partial charge >= 0.3 is 6.03 Å². The fourth-order valence-electron chi connectivity index (χ4n) is 1.06. The summed E-state index contributed by atoms with van der Waals surface area (Å²) >= 11 is 14.5. The third-order valence-corrected chi connectivity index (χ3v) is 3.18. The second-order valence-corrected chi connectivity index (χ2v) is 4.75. The van der Waals surface area contributed by atoms with Crippen LogP contribution in [-0.4, -0.2) is 17.8 Å². The number of halogens is 3. The maximum absolute atomic E-state index is 11.4. The molecule has 17 heavy (non-hydrogen) atoms. The van der Waals surface area contributed by atoms with Gasteiger partial charge < -0.3 is 5.32 Å². The number of alkyl halides is 1. The first-order valence-corrected chi connectivity index (χ1v) is 6.27. The van der Waals surface area contributed by atoms with Crippen LogP contribution in [0.1, 0.15) is 5.56 Å². The second kappa shape index (κ2) is 6.23. The quantitative estimate of drug-likeness (QED) is 0.812. The molecule has 1 rings (SSSR count). The molecule has 0 aromatic heterocycles. The van der Waals surface area contributed by atoms with Crippen molar-refractivity contribution in [2.75, 3.05) is 11.2 Å². The highest BCUT2D eigenvalue weighted by atomic mass is 79.9. The first kappa shape index (κ1) is 14.3. The van der Waals surface area contributed by atoms with Gasteiger partial charge in [0.05, 0.1) is 5.69 Å². The van der Waals surface area contributed by atoms with Gasteiger partial charge in [-0.1, -0.05) is 11.6 Å². The second-order valence-electron chi connectivity index (χ2n) is 3.22. The van der Waals surface area contributed by atoms with Gasteiger partial charge in [-0.2, -0.15) is 0 Å². The van der Waals surface area contributed by atoms with Gasteiger partial charge in [0.2, 0.25) is 5.91 Å². The Morgan fingerprint density at radius 3 is 2.65 bits per heavy atom. The molecule has 0 bridgehead atoms. The average molecular weight is 340 g/mol. The molecular weight excluding hydrogens is 331 g/mol. The van der Waals surface area contributed by atoms with Gasteiger partial charge in [0, 0.05) is 9.50 Å². The van der Waals surface area contributed by atoms with Crippen molar-refractivity contribution < 1.29 is 9.59 Å². The Kier molecular flexibility index (Phi) is 5.24. The Balaban J connectivity index is 2.78. The molecule has 0 saturated heterocycles. The Hall–Kier alpha value is -0.780. The number of amides is 3. The van der Waals surface area contributed by atoms with Crippen molar-refractivity contribution in [3.63, 3.8) is 0 Å². The molecule has 1 aromatic rings. The van der Waals surface area contributed by atoms with E-state index in [1.54, 1.807) is 12.1 Å². The average Bonchev–Trinajstić information content (AvgIpc) is 2.25. The molecule has 0 saturated carbocycles. The lowest BCUT2D eigenvalue weighted by Gasteiger charge is -2.09. The van der Waals surface area contributed by atoms with Gasteiger partial charge in [-0.25, -0.2) is 4.79 Å². The van der Waals surface area contributed by atoms with E-state index in [0.717, 1.165) is 5.56 Å². The summed E-state index contributed by atoms with van der Waals surface area (Å²) in [4.78, 5) is 22.2. The molecule has 0 unspecified atom stereocenters. The number of nitrogens with one attached hydrogen (secondary N) is 2. The maximum atomic E-state index is 11.4. The van der Waals surface area contributed by atoms with Crippen LogP contribution in [0.15, 0.2) is 16.6 Å². The molecule has 0 spiro atoms. The molecule has 0 aliphatic heterocycles. The molecule has 92 valence electrons. The van der Waals surface area contributed by atoms with Crippen molar-refractivity contribution in [2.24, 2.45) is 0 Å². The predicted molar refractivity (Wildman–Crippen MR) is 71.8 cm³/mol. The van der Waals surface area contributed by atoms with Gasteiger partial charge in [0.15, 0.2) is 0 Å². The van der Waals surface area contributed by atoms with Gasteiger partial charge in [-0.3, -0.25) is 10.1 Å². The van der Waals surface area contributed by atoms with E-state index >= 15 is 0 Å². The predicted octanol–water partition coefficient (Wildman–Crippen LogP) is 3.30. The van der Waals surface area contributed by atoms with Crippen LogP contribution in [-0.2, 0) is 4.79 Å². The highest BCUT2D eigenvalue weighted by Gasteiger charge is 2.10.